The molecule has 4 unspecified atom stereocenters. The number of pyridine rings is 1. The van der Waals surface area contributed by atoms with Crippen LogP contribution >= 0.6 is 23.2 Å². The van der Waals surface area contributed by atoms with Crippen molar-refractivity contribution in [1.29, 1.82) is 0 Å². The molecule has 1 aromatic heterocycles. The number of aromatic nitrogens is 1. The zero-order valence-corrected chi connectivity index (χ0v) is 23.1. The largest absolute Gasteiger partial charge is 0.478 e. The van der Waals surface area contributed by atoms with E-state index in [1.807, 2.05) is 13.0 Å². The Balaban J connectivity index is 1.86. The first-order chi connectivity index (χ1) is 17.9. The number of carbonyl (C=O) groups excluding carboxylic acids is 2. The van der Waals surface area contributed by atoms with Gasteiger partial charge in [0.2, 0.25) is 23.3 Å². The highest BCUT2D eigenvalue weighted by Crippen LogP contribution is 2.65. The maximum atomic E-state index is 14.4. The van der Waals surface area contributed by atoms with Gasteiger partial charge in [0.15, 0.2) is 0 Å². The van der Waals surface area contributed by atoms with Gasteiger partial charge in [-0.1, -0.05) is 35.7 Å². The van der Waals surface area contributed by atoms with E-state index in [0.29, 0.717) is 29.2 Å². The lowest BCUT2D eigenvalue weighted by atomic mass is 9.58. The highest BCUT2D eigenvalue weighted by molar-refractivity contribution is 6.31. The summed E-state index contributed by atoms with van der Waals surface area (Å²) in [5.74, 6) is -2.51. The van der Waals surface area contributed by atoms with Gasteiger partial charge in [-0.05, 0) is 63.9 Å². The number of anilines is 1. The van der Waals surface area contributed by atoms with Crippen LogP contribution in [0.25, 0.3) is 0 Å². The van der Waals surface area contributed by atoms with Crippen LogP contribution in [0.1, 0.15) is 57.1 Å². The summed E-state index contributed by atoms with van der Waals surface area (Å²) < 4.78 is 5.98. The molecule has 3 aliphatic heterocycles. The molecule has 0 aliphatic carbocycles. The number of carboxylic acids is 1. The quantitative estimate of drug-likeness (QED) is 0.505. The first kappa shape index (κ1) is 26.7. The highest BCUT2D eigenvalue weighted by atomic mass is 35.5. The summed E-state index contributed by atoms with van der Waals surface area (Å²) in [6.45, 7) is 5.47. The molecule has 2 aromatic rings. The number of carbonyl (C=O) groups is 3. The summed E-state index contributed by atoms with van der Waals surface area (Å²) in [6, 6.07) is 6.14. The van der Waals surface area contributed by atoms with E-state index in [1.165, 1.54) is 20.0 Å². The molecule has 2 amide bonds. The monoisotopic (exact) mass is 560 g/mol. The molecule has 0 bridgehead atoms. The van der Waals surface area contributed by atoms with Crippen LogP contribution < -0.4 is 15.4 Å². The van der Waals surface area contributed by atoms with Crippen LogP contribution in [-0.4, -0.2) is 63.5 Å². The Bertz CT molecular complexity index is 1350. The third-order valence-corrected chi connectivity index (χ3v) is 8.93. The van der Waals surface area contributed by atoms with Crippen molar-refractivity contribution in [3.8, 4) is 5.88 Å². The fraction of sp³-hybridized carbons (Fsp3) is 0.481. The number of likely N-dealkylation sites (N-methyl/N-ethyl adjacent to an activating group) is 1. The van der Waals surface area contributed by atoms with Gasteiger partial charge in [0.25, 0.3) is 0 Å². The normalized spacial score (nSPS) is 28.5. The topological polar surface area (TPSA) is 121 Å². The molecule has 5 rings (SSSR count). The van der Waals surface area contributed by atoms with Gasteiger partial charge in [-0.15, -0.1) is 0 Å². The van der Waals surface area contributed by atoms with Gasteiger partial charge in [0.1, 0.15) is 5.41 Å². The minimum Gasteiger partial charge on any atom is -0.478 e. The van der Waals surface area contributed by atoms with Gasteiger partial charge in [0.05, 0.1) is 11.1 Å². The Labute approximate surface area is 230 Å². The van der Waals surface area contributed by atoms with Gasteiger partial charge in [-0.2, -0.15) is 0 Å². The predicted octanol–water partition coefficient (Wildman–Crippen LogP) is 3.98. The third-order valence-electron chi connectivity index (χ3n) is 8.49. The number of piperidine rings is 1. The van der Waals surface area contributed by atoms with E-state index in [2.05, 4.69) is 20.5 Å². The maximum absolute atomic E-state index is 14.4. The Hall–Kier alpha value is -2.88. The summed E-state index contributed by atoms with van der Waals surface area (Å²) in [5, 5.41) is 16.4. The number of hydrogen-bond donors (Lipinski definition) is 3. The number of halogens is 2. The molecule has 3 aliphatic rings. The second-order valence-electron chi connectivity index (χ2n) is 10.9. The fourth-order valence-electron chi connectivity index (χ4n) is 6.79. The minimum atomic E-state index is -1.63. The first-order valence-corrected chi connectivity index (χ1v) is 13.3. The number of fused-ring (bicyclic) bond motifs is 4. The number of aliphatic carboxylic acids is 1. The van der Waals surface area contributed by atoms with E-state index in [1.54, 1.807) is 25.2 Å². The number of carboxylic acid groups (broad SMARTS) is 1. The Morgan fingerprint density at radius 1 is 1.24 bits per heavy atom. The van der Waals surface area contributed by atoms with Gasteiger partial charge in [-0.3, -0.25) is 14.5 Å². The van der Waals surface area contributed by atoms with Crippen molar-refractivity contribution < 1.29 is 24.2 Å². The minimum absolute atomic E-state index is 0.0127. The third kappa shape index (κ3) is 3.62. The zero-order valence-electron chi connectivity index (χ0n) is 21.6. The lowest BCUT2D eigenvalue weighted by Crippen LogP contribution is -2.60. The number of ether oxygens (including phenoxy) is 1. The standard InChI is InChI=1S/C27H30Cl2N4O5/c1-25(2,24(36)37)38-22-16(11-15(29)13-31-22)19-20(21(34)30-4)33-10-6-5-9-26(33,3)27(19)17-8-7-14(28)12-18(17)32-23(27)35/h7-8,11-13,19-20H,5-6,9-10H2,1-4H3,(H,30,34)(H,32,35)(H,36,37). The number of rotatable bonds is 5. The molecule has 4 heterocycles. The Morgan fingerprint density at radius 2 is 1.97 bits per heavy atom. The van der Waals surface area contributed by atoms with Crippen molar-refractivity contribution in [2.24, 2.45) is 0 Å². The van der Waals surface area contributed by atoms with E-state index < -0.39 is 34.5 Å². The van der Waals surface area contributed by atoms with Crippen LogP contribution in [0.4, 0.5) is 5.69 Å². The lowest BCUT2D eigenvalue weighted by molar-refractivity contribution is -0.152. The summed E-state index contributed by atoms with van der Waals surface area (Å²) in [7, 11) is 1.56. The molecule has 0 radical (unpaired) electrons. The van der Waals surface area contributed by atoms with Crippen LogP contribution in [0.3, 0.4) is 0 Å². The predicted molar refractivity (Wildman–Crippen MR) is 143 cm³/mol. The van der Waals surface area contributed by atoms with E-state index in [4.69, 9.17) is 27.9 Å². The Kier molecular flexibility index (Phi) is 6.40. The molecule has 38 heavy (non-hydrogen) atoms. The smallest absolute Gasteiger partial charge is 0.347 e. The van der Waals surface area contributed by atoms with Crippen molar-refractivity contribution in [2.45, 2.75) is 68.5 Å². The summed E-state index contributed by atoms with van der Waals surface area (Å²) in [5.41, 5.74) is -1.94. The van der Waals surface area contributed by atoms with E-state index in [9.17, 15) is 19.5 Å². The summed E-state index contributed by atoms with van der Waals surface area (Å²) >= 11 is 12.8. The second kappa shape index (κ2) is 9.10. The summed E-state index contributed by atoms with van der Waals surface area (Å²) in [6.07, 6.45) is 3.77. The fourth-order valence-corrected chi connectivity index (χ4v) is 7.13. The Morgan fingerprint density at radius 3 is 2.66 bits per heavy atom. The van der Waals surface area contributed by atoms with Crippen LogP contribution in [0.2, 0.25) is 10.0 Å². The first-order valence-electron chi connectivity index (χ1n) is 12.6. The maximum Gasteiger partial charge on any atom is 0.347 e. The number of amides is 2. The van der Waals surface area contributed by atoms with E-state index in [0.717, 1.165) is 18.4 Å². The summed E-state index contributed by atoms with van der Waals surface area (Å²) in [4.78, 5) is 46.5. The van der Waals surface area contributed by atoms with Crippen LogP contribution in [-0.2, 0) is 19.8 Å². The molecule has 3 N–H and O–H groups in total. The number of nitrogens with zero attached hydrogens (tertiary/aromatic N) is 2. The van der Waals surface area contributed by atoms with Crippen molar-refractivity contribution >= 4 is 46.7 Å². The van der Waals surface area contributed by atoms with Crippen LogP contribution in [0, 0.1) is 0 Å². The highest BCUT2D eigenvalue weighted by Gasteiger charge is 2.74. The number of nitrogens with one attached hydrogen (secondary N) is 2. The molecule has 0 saturated carbocycles. The molecule has 11 heteroatoms. The molecule has 2 fully saturated rings. The van der Waals surface area contributed by atoms with Crippen LogP contribution in [0.15, 0.2) is 30.5 Å². The molecule has 1 aromatic carbocycles. The molecule has 4 atom stereocenters. The van der Waals surface area contributed by atoms with E-state index in [-0.39, 0.29) is 22.7 Å². The van der Waals surface area contributed by atoms with Gasteiger partial charge < -0.3 is 20.5 Å². The zero-order chi connectivity index (χ0) is 27.6. The SMILES string of the molecule is CNC(=O)C1C(c2cc(Cl)cnc2OC(C)(C)C(=O)O)C2(C(=O)Nc3cc(Cl)ccc32)C2(C)CCCCN12. The van der Waals surface area contributed by atoms with Crippen molar-refractivity contribution in [1.82, 2.24) is 15.2 Å². The molecular weight excluding hydrogens is 531 g/mol. The molecule has 9 nitrogen and oxygen atoms in total. The average molecular weight is 561 g/mol. The van der Waals surface area contributed by atoms with Gasteiger partial charge >= 0.3 is 5.97 Å². The average Bonchev–Trinajstić information content (AvgIpc) is 3.28. The molecular formula is C27H30Cl2N4O5. The second-order valence-corrected chi connectivity index (χ2v) is 11.8. The number of hydrogen-bond acceptors (Lipinski definition) is 6. The molecule has 202 valence electrons. The van der Waals surface area contributed by atoms with Crippen molar-refractivity contribution in [3.63, 3.8) is 0 Å². The van der Waals surface area contributed by atoms with Gasteiger partial charge in [-0.25, -0.2) is 9.78 Å². The van der Waals surface area contributed by atoms with E-state index >= 15 is 0 Å². The van der Waals surface area contributed by atoms with Gasteiger partial charge in [0, 0.05) is 41.0 Å². The van der Waals surface area contributed by atoms with Crippen molar-refractivity contribution in [2.75, 3.05) is 18.9 Å². The molecule has 1 spiro atoms. The number of benzene rings is 1. The molecule has 2 saturated heterocycles. The van der Waals surface area contributed by atoms with Crippen LogP contribution in [0.5, 0.6) is 5.88 Å². The van der Waals surface area contributed by atoms with Crippen molar-refractivity contribution in [3.05, 3.63) is 51.6 Å². The lowest BCUT2D eigenvalue weighted by Gasteiger charge is -2.48.